The molecular formula is C20H23F3N2S. The lowest BCUT2D eigenvalue weighted by Crippen LogP contribution is -2.13. The Bertz CT molecular complexity index is 764. The average Bonchev–Trinajstić information content (AvgIpc) is 3.28. The van der Waals surface area contributed by atoms with E-state index in [0.29, 0.717) is 5.69 Å². The van der Waals surface area contributed by atoms with E-state index < -0.39 is 17.8 Å². The fraction of sp³-hybridized carbons (Fsp3) is 0.450. The highest BCUT2D eigenvalue weighted by Crippen LogP contribution is 2.37. The van der Waals surface area contributed by atoms with Crippen LogP contribution in [0.15, 0.2) is 41.5 Å². The number of unbranched alkanes of at least 4 members (excludes halogenated alkanes) is 3. The summed E-state index contributed by atoms with van der Waals surface area (Å²) in [6.07, 6.45) is 4.31. The number of aryl methyl sites for hydroxylation is 1. The zero-order valence-corrected chi connectivity index (χ0v) is 15.6. The van der Waals surface area contributed by atoms with Gasteiger partial charge >= 0.3 is 6.18 Å². The summed E-state index contributed by atoms with van der Waals surface area (Å²) in [4.78, 5) is 5.51. The predicted octanol–water partition coefficient (Wildman–Crippen LogP) is 6.41. The van der Waals surface area contributed by atoms with Crippen molar-refractivity contribution in [1.82, 2.24) is 10.3 Å². The van der Waals surface area contributed by atoms with E-state index in [9.17, 15) is 13.2 Å². The predicted molar refractivity (Wildman–Crippen MR) is 100 cm³/mol. The number of alkyl halides is 3. The van der Waals surface area contributed by atoms with Crippen molar-refractivity contribution in [1.29, 1.82) is 0 Å². The van der Waals surface area contributed by atoms with Crippen LogP contribution in [-0.2, 0) is 6.42 Å². The van der Waals surface area contributed by atoms with Crippen LogP contribution in [0.25, 0.3) is 10.4 Å². The molecule has 1 unspecified atom stereocenters. The molecule has 0 spiro atoms. The van der Waals surface area contributed by atoms with Crippen molar-refractivity contribution in [3.8, 4) is 10.4 Å². The van der Waals surface area contributed by atoms with E-state index in [2.05, 4.69) is 28.7 Å². The van der Waals surface area contributed by atoms with Crippen LogP contribution in [0.2, 0.25) is 0 Å². The molecule has 1 aliphatic heterocycles. The highest BCUT2D eigenvalue weighted by atomic mass is 32.1. The van der Waals surface area contributed by atoms with Crippen molar-refractivity contribution in [3.05, 3.63) is 52.8 Å². The van der Waals surface area contributed by atoms with Gasteiger partial charge in [-0.2, -0.15) is 13.2 Å². The zero-order chi connectivity index (χ0) is 18.6. The van der Waals surface area contributed by atoms with Gasteiger partial charge in [-0.15, -0.1) is 11.3 Å². The Morgan fingerprint density at radius 1 is 1.23 bits per heavy atom. The molecule has 0 aliphatic carbocycles. The molecule has 0 fully saturated rings. The van der Waals surface area contributed by atoms with Crippen molar-refractivity contribution in [2.75, 3.05) is 0 Å². The Kier molecular flexibility index (Phi) is 6.01. The van der Waals surface area contributed by atoms with Crippen LogP contribution in [0, 0.1) is 0 Å². The standard InChI is InChI=1S/C20H23F3N2S/c1-2-3-4-5-6-14-8-10-26-19(14)15-7-9-24-17(11-15)18-12-16(13-25-18)20(21,22)23/h7-11,13,18,25H,2-6,12H2,1H3. The lowest BCUT2D eigenvalue weighted by atomic mass is 10.0. The number of rotatable bonds is 7. The second-order valence-electron chi connectivity index (χ2n) is 6.65. The van der Waals surface area contributed by atoms with E-state index >= 15 is 0 Å². The Labute approximate surface area is 156 Å². The van der Waals surface area contributed by atoms with E-state index in [1.54, 1.807) is 17.5 Å². The lowest BCUT2D eigenvalue weighted by molar-refractivity contribution is -0.0934. The number of hydrogen-bond acceptors (Lipinski definition) is 3. The number of pyridine rings is 1. The maximum Gasteiger partial charge on any atom is 0.414 e. The first-order chi connectivity index (χ1) is 12.5. The summed E-state index contributed by atoms with van der Waals surface area (Å²) in [7, 11) is 0. The van der Waals surface area contributed by atoms with Gasteiger partial charge in [0.15, 0.2) is 0 Å². The molecule has 2 aromatic heterocycles. The first-order valence-electron chi connectivity index (χ1n) is 9.04. The molecular weight excluding hydrogens is 357 g/mol. The Morgan fingerprint density at radius 3 is 2.81 bits per heavy atom. The molecule has 0 radical (unpaired) electrons. The minimum absolute atomic E-state index is 0.0751. The van der Waals surface area contributed by atoms with Gasteiger partial charge in [-0.3, -0.25) is 4.98 Å². The summed E-state index contributed by atoms with van der Waals surface area (Å²) < 4.78 is 38.6. The highest BCUT2D eigenvalue weighted by Gasteiger charge is 2.38. The minimum atomic E-state index is -4.28. The molecule has 3 rings (SSSR count). The van der Waals surface area contributed by atoms with Gasteiger partial charge in [-0.1, -0.05) is 26.2 Å². The summed E-state index contributed by atoms with van der Waals surface area (Å²) in [5, 5.41) is 4.91. The number of nitrogens with zero attached hydrogens (tertiary/aromatic N) is 1. The molecule has 3 heterocycles. The number of hydrogen-bond donors (Lipinski definition) is 1. The molecule has 6 heteroatoms. The summed E-state index contributed by atoms with van der Waals surface area (Å²) >= 11 is 1.68. The van der Waals surface area contributed by atoms with Gasteiger partial charge in [0.25, 0.3) is 0 Å². The van der Waals surface area contributed by atoms with Crippen LogP contribution in [0.1, 0.15) is 56.3 Å². The second-order valence-corrected chi connectivity index (χ2v) is 7.56. The minimum Gasteiger partial charge on any atom is -0.382 e. The molecule has 0 saturated carbocycles. The van der Waals surface area contributed by atoms with Gasteiger partial charge < -0.3 is 5.32 Å². The molecule has 26 heavy (non-hydrogen) atoms. The van der Waals surface area contributed by atoms with Gasteiger partial charge in [0.1, 0.15) is 0 Å². The van der Waals surface area contributed by atoms with Crippen molar-refractivity contribution >= 4 is 11.3 Å². The van der Waals surface area contributed by atoms with E-state index in [4.69, 9.17) is 0 Å². The summed E-state index contributed by atoms with van der Waals surface area (Å²) in [6.45, 7) is 2.20. The van der Waals surface area contributed by atoms with E-state index in [0.717, 1.165) is 18.2 Å². The van der Waals surface area contributed by atoms with Crippen molar-refractivity contribution in [2.24, 2.45) is 0 Å². The number of nitrogens with one attached hydrogen (secondary N) is 1. The molecule has 0 aromatic carbocycles. The van der Waals surface area contributed by atoms with Crippen molar-refractivity contribution < 1.29 is 13.2 Å². The summed E-state index contributed by atoms with van der Waals surface area (Å²) in [5.41, 5.74) is 2.49. The lowest BCUT2D eigenvalue weighted by Gasteiger charge is -2.13. The SMILES string of the molecule is CCCCCCc1ccsc1-c1ccnc(C2CC(C(F)(F)F)=CN2)c1. The second kappa shape index (κ2) is 8.25. The van der Waals surface area contributed by atoms with Gasteiger partial charge in [0, 0.05) is 23.7 Å². The molecule has 0 amide bonds. The molecule has 2 nitrogen and oxygen atoms in total. The topological polar surface area (TPSA) is 24.9 Å². The van der Waals surface area contributed by atoms with Crippen molar-refractivity contribution in [3.63, 3.8) is 0 Å². The van der Waals surface area contributed by atoms with Crippen LogP contribution in [-0.4, -0.2) is 11.2 Å². The maximum absolute atomic E-state index is 12.9. The third-order valence-corrected chi connectivity index (χ3v) is 5.70. The molecule has 0 saturated heterocycles. The van der Waals surface area contributed by atoms with Crippen LogP contribution in [0.4, 0.5) is 13.2 Å². The van der Waals surface area contributed by atoms with Gasteiger partial charge in [-0.25, -0.2) is 0 Å². The first-order valence-corrected chi connectivity index (χ1v) is 9.92. The monoisotopic (exact) mass is 380 g/mol. The van der Waals surface area contributed by atoms with E-state index in [1.807, 2.05) is 12.1 Å². The third kappa shape index (κ3) is 4.47. The number of thiophene rings is 1. The number of aromatic nitrogens is 1. The first kappa shape index (κ1) is 19.0. The quantitative estimate of drug-likeness (QED) is 0.561. The molecule has 2 aromatic rings. The summed E-state index contributed by atoms with van der Waals surface area (Å²) in [5.74, 6) is 0. The zero-order valence-electron chi connectivity index (χ0n) is 14.8. The van der Waals surface area contributed by atoms with Gasteiger partial charge in [0.05, 0.1) is 17.3 Å². The van der Waals surface area contributed by atoms with Crippen LogP contribution in [0.3, 0.4) is 0 Å². The Morgan fingerprint density at radius 2 is 2.08 bits per heavy atom. The molecule has 1 atom stereocenters. The summed E-state index contributed by atoms with van der Waals surface area (Å²) in [6, 6.07) is 5.60. The molecule has 0 bridgehead atoms. The molecule has 140 valence electrons. The number of halogens is 3. The largest absolute Gasteiger partial charge is 0.414 e. The third-order valence-electron chi connectivity index (χ3n) is 4.69. The fourth-order valence-electron chi connectivity index (χ4n) is 3.23. The Hall–Kier alpha value is -1.82. The van der Waals surface area contributed by atoms with Gasteiger partial charge in [-0.05, 0) is 47.5 Å². The van der Waals surface area contributed by atoms with Crippen LogP contribution < -0.4 is 5.32 Å². The van der Waals surface area contributed by atoms with Gasteiger partial charge in [0.2, 0.25) is 0 Å². The highest BCUT2D eigenvalue weighted by molar-refractivity contribution is 7.13. The molecule has 1 N–H and O–H groups in total. The average molecular weight is 380 g/mol. The normalized spacial score (nSPS) is 17.2. The van der Waals surface area contributed by atoms with E-state index in [1.165, 1.54) is 36.1 Å². The van der Waals surface area contributed by atoms with Crippen molar-refractivity contribution in [2.45, 2.75) is 57.7 Å². The smallest absolute Gasteiger partial charge is 0.382 e. The van der Waals surface area contributed by atoms with Crippen LogP contribution in [0.5, 0.6) is 0 Å². The van der Waals surface area contributed by atoms with E-state index in [-0.39, 0.29) is 6.42 Å². The fourth-order valence-corrected chi connectivity index (χ4v) is 4.19. The maximum atomic E-state index is 12.9. The molecule has 1 aliphatic rings. The Balaban J connectivity index is 1.72. The van der Waals surface area contributed by atoms with Crippen LogP contribution >= 0.6 is 11.3 Å².